The molecule has 3 heterocycles. The lowest BCUT2D eigenvalue weighted by atomic mass is 10.2. The molecule has 0 aliphatic carbocycles. The molecule has 142 valence electrons. The van der Waals surface area contributed by atoms with Crippen molar-refractivity contribution in [3.8, 4) is 0 Å². The molecule has 0 spiro atoms. The van der Waals surface area contributed by atoms with E-state index >= 15 is 0 Å². The van der Waals surface area contributed by atoms with E-state index in [-0.39, 0.29) is 0 Å². The molecule has 28 heavy (non-hydrogen) atoms. The van der Waals surface area contributed by atoms with Crippen molar-refractivity contribution in [3.05, 3.63) is 93.3 Å². The SMILES string of the molecule is O=c1ccn(CCc2nc(Cn3cncn3)nn2Cc2ccccc2)c(=O)[nH]1. The molecule has 0 radical (unpaired) electrons. The normalized spacial score (nSPS) is 11.0. The van der Waals surface area contributed by atoms with E-state index in [4.69, 9.17) is 0 Å². The topological polar surface area (TPSA) is 116 Å². The van der Waals surface area contributed by atoms with E-state index in [1.807, 2.05) is 35.0 Å². The molecule has 0 saturated carbocycles. The van der Waals surface area contributed by atoms with Gasteiger partial charge in [-0.25, -0.2) is 24.1 Å². The number of aryl methyl sites for hydroxylation is 2. The lowest BCUT2D eigenvalue weighted by Crippen LogP contribution is -2.29. The molecule has 0 fully saturated rings. The van der Waals surface area contributed by atoms with Crippen molar-refractivity contribution in [2.24, 2.45) is 0 Å². The predicted molar refractivity (Wildman–Crippen MR) is 99.7 cm³/mol. The second-order valence-corrected chi connectivity index (χ2v) is 6.23. The van der Waals surface area contributed by atoms with E-state index in [0.29, 0.717) is 31.9 Å². The highest BCUT2D eigenvalue weighted by Crippen LogP contribution is 2.08. The number of hydrogen-bond acceptors (Lipinski definition) is 6. The fraction of sp³-hybridized carbons (Fsp3) is 0.222. The first-order chi connectivity index (χ1) is 13.7. The van der Waals surface area contributed by atoms with Crippen molar-refractivity contribution in [1.29, 1.82) is 0 Å². The van der Waals surface area contributed by atoms with E-state index in [2.05, 4.69) is 25.1 Å². The number of nitrogens with zero attached hydrogens (tertiary/aromatic N) is 7. The Bertz CT molecular complexity index is 1160. The van der Waals surface area contributed by atoms with Crippen LogP contribution in [0.2, 0.25) is 0 Å². The van der Waals surface area contributed by atoms with Crippen LogP contribution in [0.1, 0.15) is 17.2 Å². The van der Waals surface area contributed by atoms with Crippen LogP contribution in [0.15, 0.2) is 64.8 Å². The molecule has 3 aromatic heterocycles. The monoisotopic (exact) mass is 378 g/mol. The molecule has 0 bridgehead atoms. The number of aromatic nitrogens is 8. The van der Waals surface area contributed by atoms with Gasteiger partial charge in [0, 0.05) is 25.2 Å². The summed E-state index contributed by atoms with van der Waals surface area (Å²) >= 11 is 0. The third kappa shape index (κ3) is 4.11. The average molecular weight is 378 g/mol. The second-order valence-electron chi connectivity index (χ2n) is 6.23. The van der Waals surface area contributed by atoms with Crippen molar-refractivity contribution in [3.63, 3.8) is 0 Å². The zero-order chi connectivity index (χ0) is 19.3. The van der Waals surface area contributed by atoms with Crippen LogP contribution in [0, 0.1) is 0 Å². The van der Waals surface area contributed by atoms with Crippen LogP contribution in [0.4, 0.5) is 0 Å². The Hall–Kier alpha value is -3.82. The Kier molecular flexibility index (Phi) is 4.91. The molecule has 4 rings (SSSR count). The predicted octanol–water partition coefficient (Wildman–Crippen LogP) is 0.0589. The number of hydrogen-bond donors (Lipinski definition) is 1. The molecule has 1 aromatic carbocycles. The van der Waals surface area contributed by atoms with Crippen molar-refractivity contribution < 1.29 is 0 Å². The Balaban J connectivity index is 1.58. The molecule has 4 aromatic rings. The highest BCUT2D eigenvalue weighted by molar-refractivity contribution is 5.15. The number of benzene rings is 1. The number of nitrogens with one attached hydrogen (secondary N) is 1. The summed E-state index contributed by atoms with van der Waals surface area (Å²) in [5.74, 6) is 1.36. The summed E-state index contributed by atoms with van der Waals surface area (Å²) in [4.78, 5) is 33.9. The molecule has 1 N–H and O–H groups in total. The zero-order valence-electron chi connectivity index (χ0n) is 15.0. The van der Waals surface area contributed by atoms with Crippen molar-refractivity contribution in [1.82, 2.24) is 39.1 Å². The molecule has 0 saturated heterocycles. The third-order valence-corrected chi connectivity index (χ3v) is 4.21. The summed E-state index contributed by atoms with van der Waals surface area (Å²) in [6, 6.07) is 11.3. The Labute approximate surface area is 159 Å². The van der Waals surface area contributed by atoms with Crippen LogP contribution < -0.4 is 11.2 Å². The summed E-state index contributed by atoms with van der Waals surface area (Å²) in [5, 5.41) is 8.69. The Morgan fingerprint density at radius 3 is 2.64 bits per heavy atom. The van der Waals surface area contributed by atoms with Gasteiger partial charge in [0.05, 0.1) is 6.54 Å². The quantitative estimate of drug-likeness (QED) is 0.486. The smallest absolute Gasteiger partial charge is 0.300 e. The minimum atomic E-state index is -0.440. The van der Waals surface area contributed by atoms with Crippen molar-refractivity contribution >= 4 is 0 Å². The van der Waals surface area contributed by atoms with Crippen LogP contribution in [0.25, 0.3) is 0 Å². The van der Waals surface area contributed by atoms with Crippen LogP contribution in [-0.2, 0) is 26.1 Å². The third-order valence-electron chi connectivity index (χ3n) is 4.21. The Morgan fingerprint density at radius 1 is 1.04 bits per heavy atom. The second kappa shape index (κ2) is 7.82. The van der Waals surface area contributed by atoms with Gasteiger partial charge in [-0.3, -0.25) is 9.78 Å². The molecule has 0 atom stereocenters. The van der Waals surface area contributed by atoms with Gasteiger partial charge in [-0.05, 0) is 5.56 Å². The van der Waals surface area contributed by atoms with Crippen LogP contribution in [-0.4, -0.2) is 39.1 Å². The van der Waals surface area contributed by atoms with Crippen molar-refractivity contribution in [2.75, 3.05) is 0 Å². The zero-order valence-corrected chi connectivity index (χ0v) is 15.0. The maximum Gasteiger partial charge on any atom is 0.328 e. The molecule has 0 unspecified atom stereocenters. The van der Waals surface area contributed by atoms with E-state index in [1.165, 1.54) is 23.2 Å². The number of H-pyrrole nitrogens is 1. The summed E-state index contributed by atoms with van der Waals surface area (Å²) in [6.45, 7) is 1.36. The average Bonchev–Trinajstić information content (AvgIpc) is 3.32. The highest BCUT2D eigenvalue weighted by Gasteiger charge is 2.12. The van der Waals surface area contributed by atoms with E-state index < -0.39 is 11.2 Å². The molecule has 10 nitrogen and oxygen atoms in total. The van der Waals surface area contributed by atoms with E-state index in [1.54, 1.807) is 11.0 Å². The summed E-state index contributed by atoms with van der Waals surface area (Å²) in [6.07, 6.45) is 5.04. The summed E-state index contributed by atoms with van der Waals surface area (Å²) in [5.41, 5.74) is 0.246. The minimum Gasteiger partial charge on any atom is -0.300 e. The molecule has 0 amide bonds. The first-order valence-corrected chi connectivity index (χ1v) is 8.76. The molecule has 10 heteroatoms. The van der Waals surface area contributed by atoms with Crippen molar-refractivity contribution in [2.45, 2.75) is 26.1 Å². The highest BCUT2D eigenvalue weighted by atomic mass is 16.2. The Morgan fingerprint density at radius 2 is 1.89 bits per heavy atom. The lowest BCUT2D eigenvalue weighted by molar-refractivity contribution is 0.575. The minimum absolute atomic E-state index is 0.381. The number of aromatic amines is 1. The van der Waals surface area contributed by atoms with Gasteiger partial charge >= 0.3 is 5.69 Å². The van der Waals surface area contributed by atoms with Crippen LogP contribution in [0.3, 0.4) is 0 Å². The van der Waals surface area contributed by atoms with Gasteiger partial charge in [-0.15, -0.1) is 0 Å². The number of rotatable bonds is 7. The maximum atomic E-state index is 11.9. The standard InChI is InChI=1S/C18H18N8O2/c27-17-7-9-24(18(28)22-17)8-6-16-21-15(11-25-13-19-12-20-25)23-26(16)10-14-4-2-1-3-5-14/h1-5,7,9,12-13H,6,8,10-11H2,(H,22,27,28). The van der Waals surface area contributed by atoms with E-state index in [9.17, 15) is 9.59 Å². The molecular weight excluding hydrogens is 360 g/mol. The van der Waals surface area contributed by atoms with Gasteiger partial charge in [-0.1, -0.05) is 30.3 Å². The molecular formula is C18H18N8O2. The first-order valence-electron chi connectivity index (χ1n) is 8.76. The summed E-state index contributed by atoms with van der Waals surface area (Å²) < 4.78 is 4.93. The van der Waals surface area contributed by atoms with Crippen LogP contribution >= 0.6 is 0 Å². The van der Waals surface area contributed by atoms with Gasteiger partial charge in [0.15, 0.2) is 5.82 Å². The first kappa shape index (κ1) is 17.6. The van der Waals surface area contributed by atoms with Crippen LogP contribution in [0.5, 0.6) is 0 Å². The van der Waals surface area contributed by atoms with Gasteiger partial charge in [0.1, 0.15) is 25.0 Å². The molecule has 0 aliphatic heterocycles. The van der Waals surface area contributed by atoms with Gasteiger partial charge in [0.25, 0.3) is 5.56 Å². The fourth-order valence-corrected chi connectivity index (χ4v) is 2.86. The van der Waals surface area contributed by atoms with E-state index in [0.717, 1.165) is 11.4 Å². The molecule has 0 aliphatic rings. The van der Waals surface area contributed by atoms with Gasteiger partial charge < -0.3 is 4.57 Å². The van der Waals surface area contributed by atoms with Gasteiger partial charge in [0.2, 0.25) is 0 Å². The summed E-state index contributed by atoms with van der Waals surface area (Å²) in [7, 11) is 0. The largest absolute Gasteiger partial charge is 0.328 e. The maximum absolute atomic E-state index is 11.9. The van der Waals surface area contributed by atoms with Gasteiger partial charge in [-0.2, -0.15) is 10.2 Å². The fourth-order valence-electron chi connectivity index (χ4n) is 2.86. The lowest BCUT2D eigenvalue weighted by Gasteiger charge is -2.07.